The predicted octanol–water partition coefficient (Wildman–Crippen LogP) is 2.11. The van der Waals surface area contributed by atoms with Crippen molar-refractivity contribution in [2.75, 3.05) is 5.43 Å². The molecule has 0 saturated carbocycles. The molecule has 20 heavy (non-hydrogen) atoms. The Kier molecular flexibility index (Phi) is 4.15. The van der Waals surface area contributed by atoms with Crippen molar-refractivity contribution in [3.8, 4) is 0 Å². The van der Waals surface area contributed by atoms with Gasteiger partial charge in [0, 0.05) is 0 Å². The van der Waals surface area contributed by atoms with Crippen LogP contribution in [-0.2, 0) is 0 Å². The SMILES string of the molecule is Cc1ccc(C)c(/C=N\Nc2cccc(C(=O)[O-])c2)c1. The molecular formula is C16H15N2O2-. The molecule has 0 aliphatic rings. The third kappa shape index (κ3) is 3.45. The Balaban J connectivity index is 2.12. The Bertz CT molecular complexity index is 663. The molecule has 4 nitrogen and oxygen atoms in total. The zero-order chi connectivity index (χ0) is 14.5. The molecule has 0 aliphatic carbocycles. The van der Waals surface area contributed by atoms with Crippen molar-refractivity contribution >= 4 is 17.9 Å². The van der Waals surface area contributed by atoms with Crippen molar-refractivity contribution in [3.63, 3.8) is 0 Å². The Hall–Kier alpha value is -2.62. The van der Waals surface area contributed by atoms with Crippen LogP contribution in [0, 0.1) is 13.8 Å². The van der Waals surface area contributed by atoms with Gasteiger partial charge in [0.05, 0.1) is 17.9 Å². The van der Waals surface area contributed by atoms with Crippen molar-refractivity contribution in [3.05, 3.63) is 64.7 Å². The van der Waals surface area contributed by atoms with Gasteiger partial charge >= 0.3 is 0 Å². The topological polar surface area (TPSA) is 64.5 Å². The van der Waals surface area contributed by atoms with E-state index in [1.54, 1.807) is 18.3 Å². The third-order valence-corrected chi connectivity index (χ3v) is 2.93. The van der Waals surface area contributed by atoms with Gasteiger partial charge in [-0.2, -0.15) is 5.10 Å². The second kappa shape index (κ2) is 6.02. The molecule has 102 valence electrons. The maximum Gasteiger partial charge on any atom is 0.0716 e. The minimum atomic E-state index is -1.20. The fraction of sp³-hybridized carbons (Fsp3) is 0.125. The van der Waals surface area contributed by atoms with Crippen molar-refractivity contribution in [2.45, 2.75) is 13.8 Å². The number of aryl methyl sites for hydroxylation is 2. The highest BCUT2D eigenvalue weighted by atomic mass is 16.4. The average Bonchev–Trinajstić information content (AvgIpc) is 2.43. The number of nitrogens with one attached hydrogen (secondary N) is 1. The highest BCUT2D eigenvalue weighted by Crippen LogP contribution is 2.11. The zero-order valence-corrected chi connectivity index (χ0v) is 11.4. The molecule has 4 heteroatoms. The van der Waals surface area contributed by atoms with Crippen LogP contribution in [-0.4, -0.2) is 12.2 Å². The number of hydrazone groups is 1. The highest BCUT2D eigenvalue weighted by molar-refractivity contribution is 5.87. The van der Waals surface area contributed by atoms with Crippen LogP contribution in [0.1, 0.15) is 27.0 Å². The fourth-order valence-corrected chi connectivity index (χ4v) is 1.79. The van der Waals surface area contributed by atoms with Gasteiger partial charge < -0.3 is 9.90 Å². The first-order valence-corrected chi connectivity index (χ1v) is 6.24. The molecule has 0 saturated heterocycles. The summed E-state index contributed by atoms with van der Waals surface area (Å²) in [6.45, 7) is 4.03. The number of hydrogen-bond acceptors (Lipinski definition) is 4. The molecule has 0 radical (unpaired) electrons. The maximum atomic E-state index is 10.8. The number of carbonyl (C=O) groups is 1. The summed E-state index contributed by atoms with van der Waals surface area (Å²) in [4.78, 5) is 10.8. The van der Waals surface area contributed by atoms with Crippen LogP contribution in [0.25, 0.3) is 0 Å². The van der Waals surface area contributed by atoms with Crippen LogP contribution < -0.4 is 10.5 Å². The summed E-state index contributed by atoms with van der Waals surface area (Å²) < 4.78 is 0. The van der Waals surface area contributed by atoms with Gasteiger partial charge in [0.15, 0.2) is 0 Å². The van der Waals surface area contributed by atoms with Crippen LogP contribution in [0.3, 0.4) is 0 Å². The van der Waals surface area contributed by atoms with Gasteiger partial charge in [-0.1, -0.05) is 35.9 Å². The first-order valence-electron chi connectivity index (χ1n) is 6.24. The largest absolute Gasteiger partial charge is 0.545 e. The van der Waals surface area contributed by atoms with Crippen LogP contribution >= 0.6 is 0 Å². The molecule has 2 rings (SSSR count). The normalized spacial score (nSPS) is 10.7. The zero-order valence-electron chi connectivity index (χ0n) is 11.4. The molecule has 0 unspecified atom stereocenters. The Labute approximate surface area is 117 Å². The van der Waals surface area contributed by atoms with Crippen LogP contribution in [0.4, 0.5) is 5.69 Å². The molecule has 0 aliphatic heterocycles. The smallest absolute Gasteiger partial charge is 0.0716 e. The quantitative estimate of drug-likeness (QED) is 0.681. The lowest BCUT2D eigenvalue weighted by molar-refractivity contribution is -0.255. The van der Waals surface area contributed by atoms with Crippen molar-refractivity contribution < 1.29 is 9.90 Å². The van der Waals surface area contributed by atoms with E-state index in [2.05, 4.69) is 10.5 Å². The molecular weight excluding hydrogens is 252 g/mol. The minimum Gasteiger partial charge on any atom is -0.545 e. The number of rotatable bonds is 4. The van der Waals surface area contributed by atoms with E-state index >= 15 is 0 Å². The van der Waals surface area contributed by atoms with Gasteiger partial charge in [0.2, 0.25) is 0 Å². The Morgan fingerprint density at radius 3 is 2.75 bits per heavy atom. The van der Waals surface area contributed by atoms with Crippen molar-refractivity contribution in [2.24, 2.45) is 5.10 Å². The number of aromatic carboxylic acids is 1. The van der Waals surface area contributed by atoms with Crippen LogP contribution in [0.5, 0.6) is 0 Å². The number of hydrogen-bond donors (Lipinski definition) is 1. The highest BCUT2D eigenvalue weighted by Gasteiger charge is 1.97. The van der Waals surface area contributed by atoms with Gasteiger partial charge in [0.25, 0.3) is 0 Å². The van der Waals surface area contributed by atoms with E-state index in [4.69, 9.17) is 0 Å². The summed E-state index contributed by atoms with van der Waals surface area (Å²) in [5, 5.41) is 14.9. The van der Waals surface area contributed by atoms with E-state index in [0.29, 0.717) is 5.69 Å². The third-order valence-electron chi connectivity index (χ3n) is 2.93. The summed E-state index contributed by atoms with van der Waals surface area (Å²) in [6.07, 6.45) is 1.72. The Morgan fingerprint density at radius 1 is 1.20 bits per heavy atom. The summed E-state index contributed by atoms with van der Waals surface area (Å²) in [7, 11) is 0. The first kappa shape index (κ1) is 13.8. The van der Waals surface area contributed by atoms with E-state index in [0.717, 1.165) is 16.7 Å². The first-order chi connectivity index (χ1) is 9.56. The standard InChI is InChI=1S/C16H16N2O2/c1-11-6-7-12(2)14(8-11)10-17-18-15-5-3-4-13(9-15)16(19)20/h3-10,18H,1-2H3,(H,19,20)/p-1/b17-10-. The lowest BCUT2D eigenvalue weighted by Gasteiger charge is -2.05. The number of carboxylic acid groups (broad SMARTS) is 1. The summed E-state index contributed by atoms with van der Waals surface area (Å²) in [6, 6.07) is 12.5. The van der Waals surface area contributed by atoms with Crippen LogP contribution in [0.15, 0.2) is 47.6 Å². The van der Waals surface area contributed by atoms with E-state index in [9.17, 15) is 9.90 Å². The summed E-state index contributed by atoms with van der Waals surface area (Å²) in [5.74, 6) is -1.20. The Morgan fingerprint density at radius 2 is 2.00 bits per heavy atom. The maximum absolute atomic E-state index is 10.8. The second-order valence-electron chi connectivity index (χ2n) is 4.60. The predicted molar refractivity (Wildman–Crippen MR) is 77.9 cm³/mol. The summed E-state index contributed by atoms with van der Waals surface area (Å²) >= 11 is 0. The lowest BCUT2D eigenvalue weighted by atomic mass is 10.1. The molecule has 0 fully saturated rings. The number of carboxylic acids is 1. The van der Waals surface area contributed by atoms with Gasteiger partial charge in [-0.3, -0.25) is 5.43 Å². The van der Waals surface area contributed by atoms with Gasteiger partial charge in [-0.15, -0.1) is 0 Å². The van der Waals surface area contributed by atoms with E-state index in [-0.39, 0.29) is 5.56 Å². The molecule has 0 amide bonds. The molecule has 0 bridgehead atoms. The summed E-state index contributed by atoms with van der Waals surface area (Å²) in [5.41, 5.74) is 6.85. The van der Waals surface area contributed by atoms with Gasteiger partial charge in [0.1, 0.15) is 0 Å². The fourth-order valence-electron chi connectivity index (χ4n) is 1.79. The molecule has 2 aromatic rings. The van der Waals surface area contributed by atoms with Crippen molar-refractivity contribution in [1.29, 1.82) is 0 Å². The number of benzene rings is 2. The van der Waals surface area contributed by atoms with E-state index < -0.39 is 5.97 Å². The van der Waals surface area contributed by atoms with Gasteiger partial charge in [-0.25, -0.2) is 0 Å². The van der Waals surface area contributed by atoms with E-state index in [1.165, 1.54) is 12.1 Å². The second-order valence-corrected chi connectivity index (χ2v) is 4.60. The monoisotopic (exact) mass is 267 g/mol. The molecule has 0 aromatic heterocycles. The molecule has 0 heterocycles. The molecule has 1 N–H and O–H groups in total. The number of nitrogens with zero attached hydrogens (tertiary/aromatic N) is 1. The van der Waals surface area contributed by atoms with Crippen LogP contribution in [0.2, 0.25) is 0 Å². The van der Waals surface area contributed by atoms with Crippen molar-refractivity contribution in [1.82, 2.24) is 0 Å². The molecule has 0 atom stereocenters. The number of anilines is 1. The molecule has 0 spiro atoms. The number of carbonyl (C=O) groups excluding carboxylic acids is 1. The van der Waals surface area contributed by atoms with E-state index in [1.807, 2.05) is 32.0 Å². The van der Waals surface area contributed by atoms with Gasteiger partial charge in [-0.05, 0) is 42.7 Å². The lowest BCUT2D eigenvalue weighted by Crippen LogP contribution is -2.22. The molecule has 2 aromatic carbocycles. The minimum absolute atomic E-state index is 0.122. The average molecular weight is 267 g/mol.